The first kappa shape index (κ1) is 26.2. The molecule has 1 aromatic heterocycles. The molecule has 0 saturated carbocycles. The van der Waals surface area contributed by atoms with Gasteiger partial charge in [-0.15, -0.1) is 11.6 Å². The number of hydrogen-bond acceptors (Lipinski definition) is 4. The second-order valence-electron chi connectivity index (χ2n) is 6.88. The predicted molar refractivity (Wildman–Crippen MR) is 120 cm³/mol. The Hall–Kier alpha value is -3.07. The predicted octanol–water partition coefficient (Wildman–Crippen LogP) is 5.44. The number of rotatable bonds is 11. The van der Waals surface area contributed by atoms with E-state index >= 15 is 0 Å². The van der Waals surface area contributed by atoms with Crippen molar-refractivity contribution in [2.24, 2.45) is 0 Å². The summed E-state index contributed by atoms with van der Waals surface area (Å²) in [4.78, 5) is 25.1. The summed E-state index contributed by atoms with van der Waals surface area (Å²) in [5.41, 5.74) is 3.28. The van der Waals surface area contributed by atoms with Gasteiger partial charge < -0.3 is 10.5 Å². The Labute approximate surface area is 193 Å². The van der Waals surface area contributed by atoms with E-state index in [-0.39, 0.29) is 17.9 Å². The minimum atomic E-state index is -1.15. The van der Waals surface area contributed by atoms with Crippen LogP contribution >= 0.6 is 11.6 Å². The molecule has 1 heterocycles. The Morgan fingerprint density at radius 1 is 1.18 bits per heavy atom. The minimum absolute atomic E-state index is 0.0897. The minimum Gasteiger partial charge on any atom is -0.493 e. The number of carbonyl (C=O) groups is 1. The van der Waals surface area contributed by atoms with Gasteiger partial charge in [0.25, 0.3) is 5.56 Å². The maximum Gasteiger partial charge on any atom is 0.256 e. The van der Waals surface area contributed by atoms with Gasteiger partial charge in [-0.05, 0) is 38.3 Å². The lowest BCUT2D eigenvalue weighted by Gasteiger charge is -2.16. The molecule has 0 amide bonds. The van der Waals surface area contributed by atoms with Crippen molar-refractivity contribution in [1.29, 1.82) is 0 Å². The molecular formula is C23H23ClF4N2O3. The van der Waals surface area contributed by atoms with Crippen molar-refractivity contribution >= 4 is 23.2 Å². The second-order valence-corrected chi connectivity index (χ2v) is 7.26. The van der Waals surface area contributed by atoms with E-state index in [1.54, 1.807) is 0 Å². The van der Waals surface area contributed by atoms with Gasteiger partial charge in [-0.3, -0.25) is 14.2 Å². The number of ether oxygens (including phenoxy) is 1. The molecule has 0 unspecified atom stereocenters. The molecule has 0 spiro atoms. The molecule has 0 aliphatic carbocycles. The number of ketones is 1. The molecule has 1 aromatic carbocycles. The van der Waals surface area contributed by atoms with Crippen molar-refractivity contribution in [2.75, 3.05) is 24.9 Å². The van der Waals surface area contributed by atoms with E-state index in [2.05, 4.69) is 0 Å². The fourth-order valence-electron chi connectivity index (χ4n) is 3.08. The molecule has 5 nitrogen and oxygen atoms in total. The van der Waals surface area contributed by atoms with Gasteiger partial charge in [0.2, 0.25) is 0 Å². The highest BCUT2D eigenvalue weighted by molar-refractivity contribution is 6.17. The van der Waals surface area contributed by atoms with Crippen molar-refractivity contribution in [3.8, 4) is 11.4 Å². The number of anilines is 1. The maximum absolute atomic E-state index is 14.8. The topological polar surface area (TPSA) is 74.3 Å². The van der Waals surface area contributed by atoms with Gasteiger partial charge in [0.15, 0.2) is 17.4 Å². The molecule has 0 fully saturated rings. The third-order valence-corrected chi connectivity index (χ3v) is 4.95. The number of hydrogen-bond donors (Lipinski definition) is 1. The maximum atomic E-state index is 14.8. The standard InChI is InChI=1S/C23H23ClF4N2O3/c1-2-15(17(26)8-10-25)22(32)16-6-7-20(31)30(23(16)29)21-18(27)12-14(13-19(21)28)33-11-5-3-4-9-24/h2,6-8,12-13H,3-5,9-11,29H2,1H3/b15-2+,17-8+. The second kappa shape index (κ2) is 12.2. The zero-order chi connectivity index (χ0) is 24.5. The van der Waals surface area contributed by atoms with E-state index in [0.717, 1.165) is 43.2 Å². The lowest BCUT2D eigenvalue weighted by Crippen LogP contribution is -2.25. The average molecular weight is 487 g/mol. The number of halogens is 5. The Morgan fingerprint density at radius 3 is 2.42 bits per heavy atom. The summed E-state index contributed by atoms with van der Waals surface area (Å²) >= 11 is 5.59. The Bertz CT molecular complexity index is 1110. The van der Waals surface area contributed by atoms with Crippen LogP contribution in [-0.4, -0.2) is 29.5 Å². The van der Waals surface area contributed by atoms with Gasteiger partial charge in [-0.1, -0.05) is 6.08 Å². The summed E-state index contributed by atoms with van der Waals surface area (Å²) in [7, 11) is 0. The van der Waals surface area contributed by atoms with Crippen LogP contribution in [0, 0.1) is 11.6 Å². The number of nitrogens with zero attached hydrogens (tertiary/aromatic N) is 1. The fourth-order valence-corrected chi connectivity index (χ4v) is 3.27. The molecule has 0 saturated heterocycles. The van der Waals surface area contributed by atoms with Crippen molar-refractivity contribution in [1.82, 2.24) is 4.57 Å². The summed E-state index contributed by atoms with van der Waals surface area (Å²) < 4.78 is 62.0. The molecule has 0 aliphatic heterocycles. The molecule has 2 rings (SSSR count). The van der Waals surface area contributed by atoms with Crippen LogP contribution in [0.4, 0.5) is 23.4 Å². The zero-order valence-corrected chi connectivity index (χ0v) is 18.6. The number of nitrogens with two attached hydrogens (primary N) is 1. The van der Waals surface area contributed by atoms with E-state index in [4.69, 9.17) is 22.1 Å². The van der Waals surface area contributed by atoms with Crippen LogP contribution in [0.25, 0.3) is 5.69 Å². The number of allylic oxidation sites excluding steroid dienone is 4. The Kier molecular flexibility index (Phi) is 9.72. The first-order valence-electron chi connectivity index (χ1n) is 10.1. The van der Waals surface area contributed by atoms with Crippen molar-refractivity contribution < 1.29 is 27.1 Å². The van der Waals surface area contributed by atoms with Crippen LogP contribution < -0.4 is 16.0 Å². The van der Waals surface area contributed by atoms with Crippen LogP contribution in [0.3, 0.4) is 0 Å². The highest BCUT2D eigenvalue weighted by Gasteiger charge is 2.24. The fraction of sp³-hybridized carbons (Fsp3) is 0.304. The Balaban J connectivity index is 2.46. The number of alkyl halides is 2. The largest absolute Gasteiger partial charge is 0.493 e. The summed E-state index contributed by atoms with van der Waals surface area (Å²) in [6.07, 6.45) is 3.85. The summed E-state index contributed by atoms with van der Waals surface area (Å²) in [5.74, 6) is -4.61. The van der Waals surface area contributed by atoms with Crippen LogP contribution in [0.1, 0.15) is 36.5 Å². The Morgan fingerprint density at radius 2 is 1.85 bits per heavy atom. The molecule has 178 valence electrons. The quantitative estimate of drug-likeness (QED) is 0.115. The molecule has 0 aliphatic rings. The van der Waals surface area contributed by atoms with E-state index in [1.807, 2.05) is 0 Å². The normalized spacial score (nSPS) is 12.2. The van der Waals surface area contributed by atoms with Gasteiger partial charge in [-0.2, -0.15) is 0 Å². The van der Waals surface area contributed by atoms with Gasteiger partial charge in [-0.25, -0.2) is 17.6 Å². The molecule has 33 heavy (non-hydrogen) atoms. The van der Waals surface area contributed by atoms with Gasteiger partial charge in [0.05, 0.1) is 17.7 Å². The van der Waals surface area contributed by atoms with Crippen LogP contribution in [0.5, 0.6) is 5.75 Å². The third-order valence-electron chi connectivity index (χ3n) is 4.68. The number of aromatic nitrogens is 1. The lowest BCUT2D eigenvalue weighted by molar-refractivity contribution is 0.103. The smallest absolute Gasteiger partial charge is 0.256 e. The average Bonchev–Trinajstić information content (AvgIpc) is 2.76. The van der Waals surface area contributed by atoms with Crippen molar-refractivity contribution in [3.63, 3.8) is 0 Å². The molecule has 10 heteroatoms. The van der Waals surface area contributed by atoms with Crippen molar-refractivity contribution in [3.05, 3.63) is 75.4 Å². The monoisotopic (exact) mass is 486 g/mol. The van der Waals surface area contributed by atoms with E-state index < -0.39 is 52.6 Å². The number of benzene rings is 1. The van der Waals surface area contributed by atoms with Crippen LogP contribution in [0.2, 0.25) is 0 Å². The van der Waals surface area contributed by atoms with Gasteiger partial charge in [0, 0.05) is 24.1 Å². The highest BCUT2D eigenvalue weighted by Crippen LogP contribution is 2.27. The molecule has 0 radical (unpaired) electrons. The van der Waals surface area contributed by atoms with Crippen molar-refractivity contribution in [2.45, 2.75) is 26.2 Å². The number of Topliss-reactive ketones (excluding diaryl/α,β-unsaturated/α-hetero) is 1. The highest BCUT2D eigenvalue weighted by atomic mass is 35.5. The first-order chi connectivity index (χ1) is 15.8. The molecule has 0 atom stereocenters. The number of nitrogen functional groups attached to an aromatic ring is 1. The third kappa shape index (κ3) is 6.25. The van der Waals surface area contributed by atoms with Gasteiger partial charge >= 0.3 is 0 Å². The van der Waals surface area contributed by atoms with Gasteiger partial charge in [0.1, 0.15) is 29.8 Å². The van der Waals surface area contributed by atoms with Crippen LogP contribution in [0.15, 0.2) is 52.6 Å². The summed E-state index contributed by atoms with van der Waals surface area (Å²) in [6.45, 7) is 0.410. The lowest BCUT2D eigenvalue weighted by atomic mass is 10.0. The molecule has 2 N–H and O–H groups in total. The van der Waals surface area contributed by atoms with E-state index in [0.29, 0.717) is 22.9 Å². The van der Waals surface area contributed by atoms with E-state index in [9.17, 15) is 27.2 Å². The summed E-state index contributed by atoms with van der Waals surface area (Å²) in [6, 6.07) is 3.66. The zero-order valence-electron chi connectivity index (χ0n) is 17.8. The number of carbonyl (C=O) groups excluding carboxylic acids is 1. The number of pyridine rings is 1. The van der Waals surface area contributed by atoms with Crippen LogP contribution in [-0.2, 0) is 0 Å². The molecule has 2 aromatic rings. The number of unbranched alkanes of at least 4 members (excludes halogenated alkanes) is 2. The first-order valence-corrected chi connectivity index (χ1v) is 10.6. The summed E-state index contributed by atoms with van der Waals surface area (Å²) in [5, 5.41) is 0. The van der Waals surface area contributed by atoms with E-state index in [1.165, 1.54) is 6.92 Å². The SMILES string of the molecule is C/C=C(C(=O)c1ccc(=O)n(-c2c(F)cc(OCCCCCCl)cc2F)c1N)\C(F)=C/CF. The molecule has 0 bridgehead atoms. The molecular weight excluding hydrogens is 464 g/mol.